The first-order valence-corrected chi connectivity index (χ1v) is 6.79. The lowest BCUT2D eigenvalue weighted by molar-refractivity contribution is 0.319. The van der Waals surface area contributed by atoms with Crippen LogP contribution in [0.5, 0.6) is 17.4 Å². The number of rotatable bonds is 6. The number of para-hydroxylation sites is 2. The van der Waals surface area contributed by atoms with E-state index in [9.17, 15) is 0 Å². The highest BCUT2D eigenvalue weighted by Gasteiger charge is 2.06. The maximum atomic E-state index is 5.76. The van der Waals surface area contributed by atoms with Crippen LogP contribution in [0.2, 0.25) is 0 Å². The number of benzene rings is 1. The highest BCUT2D eigenvalue weighted by atomic mass is 16.5. The highest BCUT2D eigenvalue weighted by Crippen LogP contribution is 2.30. The van der Waals surface area contributed by atoms with Crippen molar-refractivity contribution < 1.29 is 9.47 Å². The van der Waals surface area contributed by atoms with Crippen molar-refractivity contribution in [3.05, 3.63) is 48.2 Å². The number of nitrogens with zero attached hydrogens (tertiary/aromatic N) is 1. The van der Waals surface area contributed by atoms with E-state index in [4.69, 9.17) is 15.2 Å². The van der Waals surface area contributed by atoms with E-state index in [1.807, 2.05) is 50.2 Å². The minimum Gasteiger partial charge on any atom is -0.490 e. The Labute approximate surface area is 119 Å². The van der Waals surface area contributed by atoms with Gasteiger partial charge in [-0.15, -0.1) is 0 Å². The number of hydrogen-bond acceptors (Lipinski definition) is 4. The molecule has 2 rings (SSSR count). The molecule has 0 radical (unpaired) electrons. The summed E-state index contributed by atoms with van der Waals surface area (Å²) in [5.41, 5.74) is 6.87. The van der Waals surface area contributed by atoms with Crippen LogP contribution in [0.4, 0.5) is 0 Å². The molecule has 0 saturated heterocycles. The molecule has 1 heterocycles. The Balaban J connectivity index is 2.10. The van der Waals surface area contributed by atoms with Crippen LogP contribution in [0.25, 0.3) is 0 Å². The predicted octanol–water partition coefficient (Wildman–Crippen LogP) is 3.16. The van der Waals surface area contributed by atoms with E-state index >= 15 is 0 Å². The molecule has 4 heteroatoms. The van der Waals surface area contributed by atoms with Crippen LogP contribution in [0, 0.1) is 0 Å². The van der Waals surface area contributed by atoms with Crippen molar-refractivity contribution >= 4 is 0 Å². The fourth-order valence-electron chi connectivity index (χ4n) is 1.89. The van der Waals surface area contributed by atoms with Crippen molar-refractivity contribution in [2.45, 2.75) is 26.3 Å². The van der Waals surface area contributed by atoms with Gasteiger partial charge in [-0.25, -0.2) is 4.98 Å². The van der Waals surface area contributed by atoms with Gasteiger partial charge in [-0.05, 0) is 38.0 Å². The lowest BCUT2D eigenvalue weighted by Crippen LogP contribution is -2.17. The second-order valence-electron chi connectivity index (χ2n) is 4.67. The maximum absolute atomic E-state index is 5.76. The summed E-state index contributed by atoms with van der Waals surface area (Å²) in [5.74, 6) is 1.93. The number of hydrogen-bond donors (Lipinski definition) is 1. The third-order valence-electron chi connectivity index (χ3n) is 2.72. The Morgan fingerprint density at radius 2 is 1.90 bits per heavy atom. The fraction of sp³-hybridized carbons (Fsp3) is 0.312. The summed E-state index contributed by atoms with van der Waals surface area (Å²) in [6.45, 7) is 4.52. The lowest BCUT2D eigenvalue weighted by Gasteiger charge is -2.11. The first-order chi connectivity index (χ1) is 9.69. The molecule has 4 nitrogen and oxygen atoms in total. The molecule has 0 fully saturated rings. The quantitative estimate of drug-likeness (QED) is 0.877. The molecular formula is C16H20N2O2. The molecule has 0 bridgehead atoms. The van der Waals surface area contributed by atoms with Gasteiger partial charge < -0.3 is 15.2 Å². The molecular weight excluding hydrogens is 252 g/mol. The number of ether oxygens (including phenoxy) is 2. The van der Waals surface area contributed by atoms with E-state index in [-0.39, 0.29) is 6.04 Å². The minimum atomic E-state index is 0.127. The molecule has 20 heavy (non-hydrogen) atoms. The molecule has 1 aromatic carbocycles. The Morgan fingerprint density at radius 1 is 1.15 bits per heavy atom. The monoisotopic (exact) mass is 272 g/mol. The summed E-state index contributed by atoms with van der Waals surface area (Å²) in [4.78, 5) is 4.29. The fourth-order valence-corrected chi connectivity index (χ4v) is 1.89. The van der Waals surface area contributed by atoms with E-state index in [0.717, 1.165) is 17.7 Å². The summed E-state index contributed by atoms with van der Waals surface area (Å²) in [6, 6.07) is 11.5. The van der Waals surface area contributed by atoms with E-state index in [1.165, 1.54) is 0 Å². The van der Waals surface area contributed by atoms with Crippen molar-refractivity contribution in [3.63, 3.8) is 0 Å². The Hall–Kier alpha value is -2.07. The molecule has 0 aliphatic carbocycles. The standard InChI is InChI=1S/C16H20N2O2/c1-3-19-14-6-4-5-7-15(14)20-16-9-8-13(11-18-16)10-12(2)17/h4-9,11-12H,3,10,17H2,1-2H3. The molecule has 1 atom stereocenters. The van der Waals surface area contributed by atoms with Gasteiger partial charge in [-0.2, -0.15) is 0 Å². The zero-order valence-electron chi connectivity index (χ0n) is 11.9. The number of pyridine rings is 1. The van der Waals surface area contributed by atoms with Crippen LogP contribution in [0.15, 0.2) is 42.6 Å². The molecule has 1 unspecified atom stereocenters. The summed E-state index contributed by atoms with van der Waals surface area (Å²) in [6.07, 6.45) is 2.60. The number of nitrogens with two attached hydrogens (primary N) is 1. The van der Waals surface area contributed by atoms with E-state index in [1.54, 1.807) is 6.20 Å². The van der Waals surface area contributed by atoms with Gasteiger partial charge in [0.25, 0.3) is 0 Å². The zero-order valence-corrected chi connectivity index (χ0v) is 11.9. The Morgan fingerprint density at radius 3 is 2.50 bits per heavy atom. The summed E-state index contributed by atoms with van der Waals surface area (Å²) in [5, 5.41) is 0. The first kappa shape index (κ1) is 14.3. The van der Waals surface area contributed by atoms with Gasteiger partial charge in [0.05, 0.1) is 6.61 Å². The Kier molecular flexibility index (Phi) is 4.96. The third-order valence-corrected chi connectivity index (χ3v) is 2.72. The van der Waals surface area contributed by atoms with Gasteiger partial charge in [0, 0.05) is 18.3 Å². The summed E-state index contributed by atoms with van der Waals surface area (Å²) < 4.78 is 11.3. The molecule has 2 N–H and O–H groups in total. The van der Waals surface area contributed by atoms with Crippen LogP contribution < -0.4 is 15.2 Å². The highest BCUT2D eigenvalue weighted by molar-refractivity contribution is 5.41. The summed E-state index contributed by atoms with van der Waals surface area (Å²) in [7, 11) is 0. The second-order valence-corrected chi connectivity index (χ2v) is 4.67. The summed E-state index contributed by atoms with van der Waals surface area (Å²) >= 11 is 0. The van der Waals surface area contributed by atoms with E-state index < -0.39 is 0 Å². The average molecular weight is 272 g/mol. The van der Waals surface area contributed by atoms with Crippen LogP contribution in [-0.4, -0.2) is 17.6 Å². The molecule has 0 spiro atoms. The first-order valence-electron chi connectivity index (χ1n) is 6.79. The smallest absolute Gasteiger partial charge is 0.219 e. The van der Waals surface area contributed by atoms with Gasteiger partial charge in [0.2, 0.25) is 5.88 Å². The van der Waals surface area contributed by atoms with Gasteiger partial charge in [-0.1, -0.05) is 18.2 Å². The van der Waals surface area contributed by atoms with E-state index in [2.05, 4.69) is 4.98 Å². The van der Waals surface area contributed by atoms with Crippen molar-refractivity contribution in [1.82, 2.24) is 4.98 Å². The van der Waals surface area contributed by atoms with Gasteiger partial charge in [0.15, 0.2) is 11.5 Å². The largest absolute Gasteiger partial charge is 0.490 e. The lowest BCUT2D eigenvalue weighted by atomic mass is 10.1. The van der Waals surface area contributed by atoms with E-state index in [0.29, 0.717) is 18.2 Å². The van der Waals surface area contributed by atoms with Gasteiger partial charge in [0.1, 0.15) is 0 Å². The van der Waals surface area contributed by atoms with Crippen LogP contribution in [-0.2, 0) is 6.42 Å². The minimum absolute atomic E-state index is 0.127. The molecule has 2 aromatic rings. The van der Waals surface area contributed by atoms with Crippen molar-refractivity contribution in [3.8, 4) is 17.4 Å². The van der Waals surface area contributed by atoms with Crippen molar-refractivity contribution in [2.75, 3.05) is 6.61 Å². The normalized spacial score (nSPS) is 11.9. The topological polar surface area (TPSA) is 57.4 Å². The molecule has 0 saturated carbocycles. The third kappa shape index (κ3) is 3.96. The zero-order chi connectivity index (χ0) is 14.4. The van der Waals surface area contributed by atoms with Gasteiger partial charge >= 0.3 is 0 Å². The van der Waals surface area contributed by atoms with Crippen LogP contribution in [0.3, 0.4) is 0 Å². The second kappa shape index (κ2) is 6.91. The van der Waals surface area contributed by atoms with Crippen LogP contribution in [0.1, 0.15) is 19.4 Å². The van der Waals surface area contributed by atoms with Gasteiger partial charge in [-0.3, -0.25) is 0 Å². The molecule has 1 aromatic heterocycles. The maximum Gasteiger partial charge on any atom is 0.219 e. The SMILES string of the molecule is CCOc1ccccc1Oc1ccc(CC(C)N)cn1. The molecule has 0 aliphatic rings. The molecule has 0 aliphatic heterocycles. The Bertz CT molecular complexity index is 538. The van der Waals surface area contributed by atoms with Crippen molar-refractivity contribution in [1.29, 1.82) is 0 Å². The molecule has 106 valence electrons. The number of aromatic nitrogens is 1. The predicted molar refractivity (Wildman–Crippen MR) is 79.3 cm³/mol. The molecule has 0 amide bonds. The van der Waals surface area contributed by atoms with Crippen LogP contribution >= 0.6 is 0 Å². The van der Waals surface area contributed by atoms with Crippen molar-refractivity contribution in [2.24, 2.45) is 5.73 Å². The average Bonchev–Trinajstić information content (AvgIpc) is 2.43.